The van der Waals surface area contributed by atoms with Gasteiger partial charge in [-0.05, 0) is 17.4 Å². The zero-order valence-corrected chi connectivity index (χ0v) is 12.5. The fourth-order valence-electron chi connectivity index (χ4n) is 2.38. The third-order valence-corrected chi connectivity index (χ3v) is 6.58. The average molecular weight is 315 g/mol. The quantitative estimate of drug-likeness (QED) is 0.458. The standard InChI is InChI=1S/C10H13N5O3S2/c1-10(4-19-9-11-12-13-14(9)2)3-15-6(16)5(8(17)18)7(15)20-10/h5,7H,3-4H2,1-2H3,(H,17,18)/t5?,7-,10?/m1/s1. The largest absolute Gasteiger partial charge is 0.481 e. The molecule has 0 bridgehead atoms. The molecule has 0 radical (unpaired) electrons. The van der Waals surface area contributed by atoms with Gasteiger partial charge >= 0.3 is 5.97 Å². The summed E-state index contributed by atoms with van der Waals surface area (Å²) < 4.78 is 1.41. The second-order valence-corrected chi connectivity index (χ2v) is 7.76. The van der Waals surface area contributed by atoms with Gasteiger partial charge in [-0.15, -0.1) is 16.9 Å². The van der Waals surface area contributed by atoms with Crippen molar-refractivity contribution in [2.75, 3.05) is 12.3 Å². The number of aromatic nitrogens is 4. The molecule has 108 valence electrons. The van der Waals surface area contributed by atoms with Crippen molar-refractivity contribution in [1.82, 2.24) is 25.1 Å². The number of carbonyl (C=O) groups excluding carboxylic acids is 1. The number of carboxylic acid groups (broad SMARTS) is 1. The lowest BCUT2D eigenvalue weighted by atomic mass is 9.97. The first-order valence-corrected chi connectivity index (χ1v) is 7.84. The molecule has 3 rings (SSSR count). The van der Waals surface area contributed by atoms with Crippen LogP contribution in [-0.2, 0) is 16.6 Å². The van der Waals surface area contributed by atoms with E-state index in [4.69, 9.17) is 5.11 Å². The zero-order valence-electron chi connectivity index (χ0n) is 10.9. The van der Waals surface area contributed by atoms with Gasteiger partial charge in [0.05, 0.1) is 0 Å². The second-order valence-electron chi connectivity index (χ2n) is 5.11. The van der Waals surface area contributed by atoms with Crippen LogP contribution in [0.4, 0.5) is 0 Å². The molecule has 0 aliphatic carbocycles. The van der Waals surface area contributed by atoms with E-state index in [2.05, 4.69) is 15.5 Å². The summed E-state index contributed by atoms with van der Waals surface area (Å²) in [4.78, 5) is 24.4. The summed E-state index contributed by atoms with van der Waals surface area (Å²) in [5, 5.41) is 20.8. The van der Waals surface area contributed by atoms with E-state index in [1.165, 1.54) is 11.8 Å². The van der Waals surface area contributed by atoms with Gasteiger partial charge in [-0.25, -0.2) is 4.68 Å². The van der Waals surface area contributed by atoms with Crippen LogP contribution in [0, 0.1) is 5.92 Å². The number of aryl methyl sites for hydroxylation is 1. The summed E-state index contributed by atoms with van der Waals surface area (Å²) in [5.74, 6) is -1.47. The van der Waals surface area contributed by atoms with Crippen molar-refractivity contribution in [2.45, 2.75) is 22.2 Å². The van der Waals surface area contributed by atoms with Gasteiger partial charge in [0.25, 0.3) is 0 Å². The summed E-state index contributed by atoms with van der Waals surface area (Å²) in [6.45, 7) is 2.61. The highest BCUT2D eigenvalue weighted by Crippen LogP contribution is 2.50. The molecule has 1 amide bonds. The fraction of sp³-hybridized carbons (Fsp3) is 0.700. The molecule has 10 heteroatoms. The highest BCUT2D eigenvalue weighted by molar-refractivity contribution is 8.04. The van der Waals surface area contributed by atoms with Crippen molar-refractivity contribution >= 4 is 35.4 Å². The van der Waals surface area contributed by atoms with Gasteiger partial charge < -0.3 is 10.0 Å². The van der Waals surface area contributed by atoms with E-state index in [0.717, 1.165) is 5.75 Å². The first kappa shape index (κ1) is 13.7. The Labute approximate surface area is 123 Å². The number of amides is 1. The maximum atomic E-state index is 11.7. The SMILES string of the molecule is Cn1nnnc1SCC1(C)CN2C(=O)C(C(=O)O)[C@H]2S1. The monoisotopic (exact) mass is 315 g/mol. The Morgan fingerprint density at radius 2 is 2.40 bits per heavy atom. The summed E-state index contributed by atoms with van der Waals surface area (Å²) in [7, 11) is 1.77. The lowest BCUT2D eigenvalue weighted by Gasteiger charge is -2.38. The molecule has 8 nitrogen and oxygen atoms in total. The van der Waals surface area contributed by atoms with Crippen LogP contribution < -0.4 is 0 Å². The molecule has 1 aromatic heterocycles. The number of carboxylic acids is 1. The minimum Gasteiger partial charge on any atom is -0.481 e. The number of fused-ring (bicyclic) bond motifs is 1. The number of nitrogens with zero attached hydrogens (tertiary/aromatic N) is 5. The van der Waals surface area contributed by atoms with Gasteiger partial charge in [-0.2, -0.15) is 0 Å². The van der Waals surface area contributed by atoms with Crippen LogP contribution in [0.1, 0.15) is 6.92 Å². The first-order valence-electron chi connectivity index (χ1n) is 5.97. The highest BCUT2D eigenvalue weighted by atomic mass is 32.2. The minimum atomic E-state index is -1.03. The fourth-order valence-corrected chi connectivity index (χ4v) is 5.14. The Kier molecular flexibility index (Phi) is 3.16. The summed E-state index contributed by atoms with van der Waals surface area (Å²) in [5.41, 5.74) is 0. The Hall–Kier alpha value is -1.29. The van der Waals surface area contributed by atoms with Crippen LogP contribution in [0.25, 0.3) is 0 Å². The predicted octanol–water partition coefficient (Wildman–Crippen LogP) is -0.323. The maximum absolute atomic E-state index is 11.7. The average Bonchev–Trinajstić information content (AvgIpc) is 2.90. The number of β-lactam (4-membered cyclic amide) rings is 1. The Morgan fingerprint density at radius 1 is 1.65 bits per heavy atom. The third-order valence-electron chi connectivity index (χ3n) is 3.41. The molecule has 2 fully saturated rings. The van der Waals surface area contributed by atoms with E-state index in [0.29, 0.717) is 11.7 Å². The predicted molar refractivity (Wildman–Crippen MR) is 72.1 cm³/mol. The Morgan fingerprint density at radius 3 is 3.00 bits per heavy atom. The second kappa shape index (κ2) is 4.62. The first-order chi connectivity index (χ1) is 9.41. The van der Waals surface area contributed by atoms with E-state index < -0.39 is 11.9 Å². The molecular weight excluding hydrogens is 302 g/mol. The van der Waals surface area contributed by atoms with Crippen LogP contribution in [0.2, 0.25) is 0 Å². The number of carbonyl (C=O) groups is 2. The number of rotatable bonds is 4. The van der Waals surface area contributed by atoms with Gasteiger partial charge in [0.1, 0.15) is 5.37 Å². The van der Waals surface area contributed by atoms with Crippen LogP contribution >= 0.6 is 23.5 Å². The molecule has 3 heterocycles. The van der Waals surface area contributed by atoms with Crippen LogP contribution in [0.15, 0.2) is 5.16 Å². The van der Waals surface area contributed by atoms with Crippen LogP contribution in [-0.4, -0.2) is 64.5 Å². The summed E-state index contributed by atoms with van der Waals surface area (Å²) in [6, 6.07) is 0. The Bertz CT molecular complexity index is 579. The molecule has 2 saturated heterocycles. The number of tetrazole rings is 1. The van der Waals surface area contributed by atoms with Crippen molar-refractivity contribution in [3.8, 4) is 0 Å². The van der Waals surface area contributed by atoms with E-state index >= 15 is 0 Å². The summed E-state index contributed by atoms with van der Waals surface area (Å²) in [6.07, 6.45) is 0. The van der Waals surface area contributed by atoms with Gasteiger partial charge in [-0.3, -0.25) is 9.59 Å². The van der Waals surface area contributed by atoms with E-state index in [-0.39, 0.29) is 16.0 Å². The van der Waals surface area contributed by atoms with Crippen molar-refractivity contribution in [3.63, 3.8) is 0 Å². The van der Waals surface area contributed by atoms with Crippen LogP contribution in [0.5, 0.6) is 0 Å². The molecule has 0 saturated carbocycles. The van der Waals surface area contributed by atoms with Crippen molar-refractivity contribution in [1.29, 1.82) is 0 Å². The topological polar surface area (TPSA) is 101 Å². The number of hydrogen-bond donors (Lipinski definition) is 1. The smallest absolute Gasteiger partial charge is 0.319 e. The van der Waals surface area contributed by atoms with Crippen LogP contribution in [0.3, 0.4) is 0 Å². The minimum absolute atomic E-state index is 0.179. The lowest BCUT2D eigenvalue weighted by molar-refractivity contribution is -0.163. The number of thioether (sulfide) groups is 2. The molecule has 2 unspecified atom stereocenters. The van der Waals surface area contributed by atoms with E-state index in [9.17, 15) is 9.59 Å². The summed E-state index contributed by atoms with van der Waals surface area (Å²) >= 11 is 3.07. The molecule has 2 aliphatic rings. The number of hydrogen-bond acceptors (Lipinski definition) is 7. The molecule has 1 aromatic rings. The number of aliphatic carboxylic acids is 1. The highest BCUT2D eigenvalue weighted by Gasteiger charge is 2.60. The van der Waals surface area contributed by atoms with Crippen molar-refractivity contribution in [2.24, 2.45) is 13.0 Å². The van der Waals surface area contributed by atoms with E-state index in [1.54, 1.807) is 28.4 Å². The lowest BCUT2D eigenvalue weighted by Crippen LogP contribution is -2.59. The molecule has 2 aliphatic heterocycles. The van der Waals surface area contributed by atoms with Gasteiger partial charge in [0.2, 0.25) is 11.1 Å². The Balaban J connectivity index is 1.65. The molecular formula is C10H13N5O3S2. The molecule has 3 atom stereocenters. The van der Waals surface area contributed by atoms with Gasteiger partial charge in [-0.1, -0.05) is 11.8 Å². The van der Waals surface area contributed by atoms with E-state index in [1.807, 2.05) is 6.92 Å². The zero-order chi connectivity index (χ0) is 14.5. The third kappa shape index (κ3) is 2.06. The van der Waals surface area contributed by atoms with Gasteiger partial charge in [0.15, 0.2) is 5.92 Å². The molecule has 0 aromatic carbocycles. The van der Waals surface area contributed by atoms with Crippen molar-refractivity contribution < 1.29 is 14.7 Å². The normalized spacial score (nSPS) is 32.1. The maximum Gasteiger partial charge on any atom is 0.319 e. The molecule has 1 N–H and O–H groups in total. The molecule has 0 spiro atoms. The molecule has 20 heavy (non-hydrogen) atoms. The van der Waals surface area contributed by atoms with Crippen molar-refractivity contribution in [3.05, 3.63) is 0 Å². The van der Waals surface area contributed by atoms with Gasteiger partial charge in [0, 0.05) is 24.1 Å².